The Morgan fingerprint density at radius 2 is 1.65 bits per heavy atom. The molecule has 5 rings (SSSR count). The number of fused-ring (bicyclic) bond motifs is 1. The van der Waals surface area contributed by atoms with Crippen LogP contribution < -0.4 is 0 Å². The van der Waals surface area contributed by atoms with Crippen molar-refractivity contribution >= 4 is 56.6 Å². The highest BCUT2D eigenvalue weighted by Crippen LogP contribution is 2.38. The van der Waals surface area contributed by atoms with Crippen LogP contribution in [0, 0.1) is 0 Å². The zero-order valence-electron chi connectivity index (χ0n) is 20.4. The van der Waals surface area contributed by atoms with Crippen LogP contribution in [-0.4, -0.2) is 90.7 Å². The Balaban J connectivity index is 1.61. The first-order chi connectivity index (χ1) is 17.5. The highest BCUT2D eigenvalue weighted by molar-refractivity contribution is 7.89. The summed E-state index contributed by atoms with van der Waals surface area (Å²) in [4.78, 5) is 32.4. The van der Waals surface area contributed by atoms with E-state index in [1.54, 1.807) is 42.1 Å². The first-order valence-corrected chi connectivity index (χ1v) is 14.6. The molecule has 2 aliphatic heterocycles. The van der Waals surface area contributed by atoms with Gasteiger partial charge in [-0.2, -0.15) is 4.31 Å². The molecule has 2 saturated heterocycles. The van der Waals surface area contributed by atoms with Gasteiger partial charge < -0.3 is 9.80 Å². The van der Waals surface area contributed by atoms with E-state index in [-0.39, 0.29) is 47.3 Å². The van der Waals surface area contributed by atoms with Crippen molar-refractivity contribution in [1.29, 1.82) is 0 Å². The molecule has 2 heterocycles. The third kappa shape index (κ3) is 4.97. The maximum Gasteiger partial charge on any atom is 0.246 e. The lowest BCUT2D eigenvalue weighted by atomic mass is 9.97. The molecule has 0 bridgehead atoms. The molecule has 2 aromatic carbocycles. The lowest BCUT2D eigenvalue weighted by Gasteiger charge is -2.54. The SMILES string of the molecule is CN(C)C1CN(S(=O)(=O)c2ccc(Cl)cc2Cl)C2CN(C3CC3)C(=O)C(Cc3cccc(Cl)c3)N2C1=O. The molecule has 37 heavy (non-hydrogen) atoms. The number of sulfonamides is 1. The number of rotatable bonds is 6. The fourth-order valence-corrected chi connectivity index (χ4v) is 7.72. The van der Waals surface area contributed by atoms with Gasteiger partial charge in [-0.3, -0.25) is 14.5 Å². The molecular weight excluding hydrogens is 559 g/mol. The number of hydrogen-bond acceptors (Lipinski definition) is 5. The standard InChI is InChI=1S/C25H27Cl3N4O4S/c1-29(2)21-13-31(37(35,36)22-9-6-17(27)12-19(22)28)23-14-30(18-7-8-18)24(33)20(32(23)25(21)34)11-15-4-3-5-16(26)10-15/h3-6,9-10,12,18,20-21,23H,7-8,11,13-14H2,1-2H3. The highest BCUT2D eigenvalue weighted by Gasteiger charge is 2.55. The van der Waals surface area contributed by atoms with Crippen LogP contribution in [0.15, 0.2) is 47.4 Å². The molecule has 3 unspecified atom stereocenters. The third-order valence-electron chi connectivity index (χ3n) is 7.22. The number of benzene rings is 2. The first-order valence-electron chi connectivity index (χ1n) is 12.0. The van der Waals surface area contributed by atoms with E-state index in [4.69, 9.17) is 34.8 Å². The van der Waals surface area contributed by atoms with E-state index in [0.29, 0.717) is 10.0 Å². The average molecular weight is 586 g/mol. The Hall–Kier alpha value is -1.88. The van der Waals surface area contributed by atoms with Crippen LogP contribution in [-0.2, 0) is 26.0 Å². The third-order valence-corrected chi connectivity index (χ3v) is 10.0. The quantitative estimate of drug-likeness (QED) is 0.520. The normalized spacial score (nSPS) is 25.1. The van der Waals surface area contributed by atoms with Crippen LogP contribution in [0.3, 0.4) is 0 Å². The summed E-state index contributed by atoms with van der Waals surface area (Å²) in [5, 5.41) is 0.836. The summed E-state index contributed by atoms with van der Waals surface area (Å²) in [5.74, 6) is -0.451. The number of nitrogens with zero attached hydrogens (tertiary/aromatic N) is 4. The van der Waals surface area contributed by atoms with Gasteiger partial charge in [-0.1, -0.05) is 46.9 Å². The summed E-state index contributed by atoms with van der Waals surface area (Å²) in [7, 11) is -0.717. The predicted molar refractivity (Wildman–Crippen MR) is 142 cm³/mol. The second-order valence-corrected chi connectivity index (χ2v) is 13.1. The van der Waals surface area contributed by atoms with Crippen molar-refractivity contribution in [1.82, 2.24) is 19.0 Å². The van der Waals surface area contributed by atoms with Crippen LogP contribution >= 0.6 is 34.8 Å². The number of halogens is 3. The Morgan fingerprint density at radius 3 is 2.27 bits per heavy atom. The molecule has 0 spiro atoms. The molecule has 1 saturated carbocycles. The first kappa shape index (κ1) is 26.7. The number of piperazine rings is 1. The molecule has 3 aliphatic rings. The van der Waals surface area contributed by atoms with E-state index in [0.717, 1.165) is 18.4 Å². The Labute approximate surface area is 231 Å². The molecule has 12 heteroatoms. The van der Waals surface area contributed by atoms with Crippen LogP contribution in [0.2, 0.25) is 15.1 Å². The van der Waals surface area contributed by atoms with Crippen LogP contribution in [0.5, 0.6) is 0 Å². The van der Waals surface area contributed by atoms with Gasteiger partial charge in [0.15, 0.2) is 0 Å². The molecule has 3 fully saturated rings. The van der Waals surface area contributed by atoms with Gasteiger partial charge in [-0.25, -0.2) is 8.42 Å². The number of amides is 2. The second kappa shape index (κ2) is 10.0. The van der Waals surface area contributed by atoms with Crippen molar-refractivity contribution in [2.24, 2.45) is 0 Å². The molecule has 1 aliphatic carbocycles. The van der Waals surface area contributed by atoms with Crippen LogP contribution in [0.25, 0.3) is 0 Å². The number of hydrogen-bond donors (Lipinski definition) is 0. The summed E-state index contributed by atoms with van der Waals surface area (Å²) < 4.78 is 29.4. The number of carbonyl (C=O) groups is 2. The molecule has 0 aromatic heterocycles. The zero-order valence-corrected chi connectivity index (χ0v) is 23.4. The minimum atomic E-state index is -4.16. The van der Waals surface area contributed by atoms with Crippen LogP contribution in [0.1, 0.15) is 18.4 Å². The largest absolute Gasteiger partial charge is 0.334 e. The van der Waals surface area contributed by atoms with Crippen molar-refractivity contribution < 1.29 is 18.0 Å². The van der Waals surface area contributed by atoms with Gasteiger partial charge in [0.05, 0.1) is 11.6 Å². The Morgan fingerprint density at radius 1 is 0.946 bits per heavy atom. The van der Waals surface area contributed by atoms with E-state index in [1.807, 2.05) is 6.07 Å². The van der Waals surface area contributed by atoms with Gasteiger partial charge in [0.2, 0.25) is 21.8 Å². The van der Waals surface area contributed by atoms with Crippen molar-refractivity contribution in [3.05, 3.63) is 63.1 Å². The fourth-order valence-electron chi connectivity index (χ4n) is 5.19. The maximum absolute atomic E-state index is 14.1. The summed E-state index contributed by atoms with van der Waals surface area (Å²) in [6, 6.07) is 9.78. The molecule has 3 atom stereocenters. The lowest BCUT2D eigenvalue weighted by Crippen LogP contribution is -2.75. The van der Waals surface area contributed by atoms with E-state index >= 15 is 0 Å². The van der Waals surface area contributed by atoms with Gasteiger partial charge in [-0.15, -0.1) is 0 Å². The van der Waals surface area contributed by atoms with Gasteiger partial charge in [-0.05, 0) is 62.8 Å². The summed E-state index contributed by atoms with van der Waals surface area (Å²) in [6.45, 7) is 0.0384. The topological polar surface area (TPSA) is 81.2 Å². The van der Waals surface area contributed by atoms with E-state index in [2.05, 4.69) is 0 Å². The van der Waals surface area contributed by atoms with E-state index in [9.17, 15) is 18.0 Å². The lowest BCUT2D eigenvalue weighted by molar-refractivity contribution is -0.170. The molecule has 2 amide bonds. The van der Waals surface area contributed by atoms with Gasteiger partial charge >= 0.3 is 0 Å². The smallest absolute Gasteiger partial charge is 0.246 e. The number of carbonyl (C=O) groups excluding carboxylic acids is 2. The van der Waals surface area contributed by atoms with Gasteiger partial charge in [0, 0.05) is 29.1 Å². The van der Waals surface area contributed by atoms with Crippen molar-refractivity contribution in [3.8, 4) is 0 Å². The Bertz CT molecular complexity index is 1350. The maximum atomic E-state index is 14.1. The van der Waals surface area contributed by atoms with Crippen LogP contribution in [0.4, 0.5) is 0 Å². The molecule has 2 aromatic rings. The van der Waals surface area contributed by atoms with E-state index in [1.165, 1.54) is 27.4 Å². The minimum absolute atomic E-state index is 0.00114. The fraction of sp³-hybridized carbons (Fsp3) is 0.440. The predicted octanol–water partition coefficient (Wildman–Crippen LogP) is 3.35. The summed E-state index contributed by atoms with van der Waals surface area (Å²) >= 11 is 18.6. The highest BCUT2D eigenvalue weighted by atomic mass is 35.5. The number of likely N-dealkylation sites (N-methyl/N-ethyl adjacent to an activating group) is 1. The Kier molecular flexibility index (Phi) is 7.23. The molecule has 198 valence electrons. The van der Waals surface area contributed by atoms with Gasteiger partial charge in [0.25, 0.3) is 0 Å². The van der Waals surface area contributed by atoms with Crippen molar-refractivity contribution in [3.63, 3.8) is 0 Å². The summed E-state index contributed by atoms with van der Waals surface area (Å²) in [6.07, 6.45) is 1.06. The average Bonchev–Trinajstić information content (AvgIpc) is 3.65. The molecule has 0 N–H and O–H groups in total. The monoisotopic (exact) mass is 584 g/mol. The van der Waals surface area contributed by atoms with Gasteiger partial charge in [0.1, 0.15) is 23.1 Å². The minimum Gasteiger partial charge on any atom is -0.334 e. The molecule has 8 nitrogen and oxygen atoms in total. The summed E-state index contributed by atoms with van der Waals surface area (Å²) in [5.41, 5.74) is 0.789. The zero-order chi connectivity index (χ0) is 26.6. The van der Waals surface area contributed by atoms with Crippen molar-refractivity contribution in [2.45, 2.75) is 48.4 Å². The second-order valence-electron chi connectivity index (χ2n) is 9.93. The van der Waals surface area contributed by atoms with E-state index < -0.39 is 28.3 Å². The molecule has 0 radical (unpaired) electrons. The molecular formula is C25H27Cl3N4O4S. The van der Waals surface area contributed by atoms with Crippen molar-refractivity contribution in [2.75, 3.05) is 27.2 Å².